The second kappa shape index (κ2) is 11.1. The first-order chi connectivity index (χ1) is 16.4. The number of carbonyl (C=O) groups is 3. The van der Waals surface area contributed by atoms with E-state index >= 15 is 0 Å². The highest BCUT2D eigenvalue weighted by Gasteiger charge is 2.35. The third-order valence-corrected chi connectivity index (χ3v) is 7.55. The van der Waals surface area contributed by atoms with Crippen LogP contribution in [0.1, 0.15) is 18.1 Å². The molecule has 1 heterocycles. The second-order valence-electron chi connectivity index (χ2n) is 7.31. The summed E-state index contributed by atoms with van der Waals surface area (Å²) in [6.07, 6.45) is 1.72. The number of hydrogen-bond acceptors (Lipinski definition) is 6. The molecule has 0 radical (unpaired) electrons. The topological polar surface area (TPSA) is 72.9 Å². The van der Waals surface area contributed by atoms with Crippen LogP contribution < -0.4 is 4.74 Å². The molecule has 0 aromatic heterocycles. The molecule has 34 heavy (non-hydrogen) atoms. The number of fused-ring (bicyclic) bond motifs is 1. The van der Waals surface area contributed by atoms with Crippen LogP contribution in [0.4, 0.5) is 4.79 Å². The number of thioether (sulfide) groups is 1. The summed E-state index contributed by atoms with van der Waals surface area (Å²) in [7, 11) is 0. The van der Waals surface area contributed by atoms with E-state index in [0.29, 0.717) is 17.3 Å². The van der Waals surface area contributed by atoms with Crippen molar-refractivity contribution in [3.63, 3.8) is 0 Å². The fourth-order valence-electron chi connectivity index (χ4n) is 3.52. The van der Waals surface area contributed by atoms with Crippen LogP contribution in [0.15, 0.2) is 59.5 Å². The summed E-state index contributed by atoms with van der Waals surface area (Å²) in [6.45, 7) is 2.08. The Hall–Kier alpha value is -2.12. The van der Waals surface area contributed by atoms with E-state index in [-0.39, 0.29) is 24.3 Å². The Balaban J connectivity index is 1.53. The molecule has 3 aromatic rings. The lowest BCUT2D eigenvalue weighted by Crippen LogP contribution is -2.27. The van der Waals surface area contributed by atoms with Gasteiger partial charge in [-0.05, 0) is 104 Å². The van der Waals surface area contributed by atoms with Crippen LogP contribution in [0.5, 0.6) is 5.75 Å². The molecule has 0 saturated carbocycles. The number of halogens is 2. The molecule has 1 fully saturated rings. The molecule has 1 aliphatic heterocycles. The van der Waals surface area contributed by atoms with Crippen molar-refractivity contribution >= 4 is 90.9 Å². The van der Waals surface area contributed by atoms with Crippen LogP contribution in [-0.2, 0) is 20.9 Å². The van der Waals surface area contributed by atoms with Gasteiger partial charge in [-0.15, -0.1) is 0 Å². The number of benzene rings is 3. The molecule has 1 saturated heterocycles. The fraction of sp³-hybridized carbons (Fsp3) is 0.160. The van der Waals surface area contributed by atoms with Gasteiger partial charge in [-0.1, -0.05) is 42.5 Å². The van der Waals surface area contributed by atoms with E-state index in [2.05, 4.69) is 45.2 Å². The van der Waals surface area contributed by atoms with Crippen LogP contribution in [0.2, 0.25) is 0 Å². The van der Waals surface area contributed by atoms with Gasteiger partial charge < -0.3 is 9.47 Å². The van der Waals surface area contributed by atoms with Crippen LogP contribution in [0.25, 0.3) is 16.8 Å². The van der Waals surface area contributed by atoms with Gasteiger partial charge in [-0.25, -0.2) is 4.79 Å². The van der Waals surface area contributed by atoms with Gasteiger partial charge in [0.15, 0.2) is 6.61 Å². The van der Waals surface area contributed by atoms with E-state index in [1.807, 2.05) is 54.6 Å². The number of hydrogen-bond donors (Lipinski definition) is 0. The zero-order chi connectivity index (χ0) is 24.2. The Labute approximate surface area is 228 Å². The number of carbonyl (C=O) groups excluding carboxylic acids is 3. The first-order valence-corrected chi connectivity index (χ1v) is 13.3. The maximum atomic E-state index is 13.1. The molecule has 6 nitrogen and oxygen atoms in total. The summed E-state index contributed by atoms with van der Waals surface area (Å²) in [5.74, 6) is -0.163. The summed E-state index contributed by atoms with van der Waals surface area (Å²) in [5.41, 5.74) is 1.70. The molecule has 0 aliphatic carbocycles. The predicted octanol–water partition coefficient (Wildman–Crippen LogP) is 6.23. The summed E-state index contributed by atoms with van der Waals surface area (Å²) in [4.78, 5) is 39.0. The minimum atomic E-state index is -0.432. The minimum absolute atomic E-state index is 0.174. The molecule has 0 atom stereocenters. The molecule has 9 heteroatoms. The van der Waals surface area contributed by atoms with E-state index in [9.17, 15) is 14.4 Å². The van der Waals surface area contributed by atoms with E-state index < -0.39 is 5.97 Å². The highest BCUT2D eigenvalue weighted by Crippen LogP contribution is 2.36. The monoisotopic (exact) mass is 699 g/mol. The third-order valence-electron chi connectivity index (χ3n) is 5.04. The molecular weight excluding hydrogens is 680 g/mol. The van der Waals surface area contributed by atoms with E-state index in [0.717, 1.165) is 40.8 Å². The number of imide groups is 1. The van der Waals surface area contributed by atoms with Crippen molar-refractivity contribution in [1.82, 2.24) is 4.90 Å². The summed E-state index contributed by atoms with van der Waals surface area (Å²) < 4.78 is 12.1. The van der Waals surface area contributed by atoms with Crippen molar-refractivity contribution in [3.8, 4) is 5.75 Å². The number of esters is 1. The lowest BCUT2D eigenvalue weighted by Gasteiger charge is -2.14. The van der Waals surface area contributed by atoms with Crippen molar-refractivity contribution in [2.45, 2.75) is 13.5 Å². The molecular formula is C25H19I2NO5S. The number of amides is 2. The van der Waals surface area contributed by atoms with E-state index in [4.69, 9.17) is 9.47 Å². The Bertz CT molecular complexity index is 1300. The quantitative estimate of drug-likeness (QED) is 0.166. The van der Waals surface area contributed by atoms with Gasteiger partial charge in [0.1, 0.15) is 5.75 Å². The SMILES string of the molecule is CCOC(=O)COc1c(I)cc(/C=C2/SC(=O)N(Cc3cccc4ccccc34)C2=O)cc1I. The standard InChI is InChI=1S/C25H19I2NO5S/c1-2-32-22(29)14-33-23-19(26)10-15(11-20(23)27)12-21-24(30)28(25(31)34-21)13-17-8-5-7-16-6-3-4-9-18(16)17/h3-12H,2,13-14H2,1H3/b21-12+. The molecule has 3 aromatic carbocycles. The largest absolute Gasteiger partial charge is 0.480 e. The van der Waals surface area contributed by atoms with Crippen molar-refractivity contribution in [2.24, 2.45) is 0 Å². The van der Waals surface area contributed by atoms with Crippen molar-refractivity contribution in [3.05, 3.63) is 77.8 Å². The first-order valence-electron chi connectivity index (χ1n) is 10.4. The lowest BCUT2D eigenvalue weighted by atomic mass is 10.0. The van der Waals surface area contributed by atoms with Crippen LogP contribution in [0.3, 0.4) is 0 Å². The summed E-state index contributed by atoms with van der Waals surface area (Å²) in [5, 5.41) is 1.80. The van der Waals surface area contributed by atoms with Crippen molar-refractivity contribution in [2.75, 3.05) is 13.2 Å². The van der Waals surface area contributed by atoms with Crippen LogP contribution >= 0.6 is 56.9 Å². The highest BCUT2D eigenvalue weighted by atomic mass is 127. The molecule has 0 N–H and O–H groups in total. The molecule has 0 bridgehead atoms. The maximum absolute atomic E-state index is 13.1. The van der Waals surface area contributed by atoms with Gasteiger partial charge in [-0.3, -0.25) is 14.5 Å². The Morgan fingerprint density at radius 2 is 1.76 bits per heavy atom. The molecule has 4 rings (SSSR count). The molecule has 0 unspecified atom stereocenters. The number of nitrogens with zero attached hydrogens (tertiary/aromatic N) is 1. The van der Waals surface area contributed by atoms with Crippen LogP contribution in [-0.4, -0.2) is 35.2 Å². The van der Waals surface area contributed by atoms with E-state index in [1.165, 1.54) is 4.90 Å². The first kappa shape index (κ1) is 25.0. The van der Waals surface area contributed by atoms with Crippen LogP contribution in [0, 0.1) is 7.14 Å². The molecule has 174 valence electrons. The zero-order valence-electron chi connectivity index (χ0n) is 18.0. The van der Waals surface area contributed by atoms with Gasteiger partial charge in [0.25, 0.3) is 11.1 Å². The van der Waals surface area contributed by atoms with Gasteiger partial charge in [0.2, 0.25) is 0 Å². The number of rotatable bonds is 7. The summed E-state index contributed by atoms with van der Waals surface area (Å²) in [6, 6.07) is 17.5. The fourth-order valence-corrected chi connectivity index (χ4v) is 6.49. The Morgan fingerprint density at radius 3 is 2.50 bits per heavy atom. The van der Waals surface area contributed by atoms with Gasteiger partial charge >= 0.3 is 5.97 Å². The molecule has 0 spiro atoms. The predicted molar refractivity (Wildman–Crippen MR) is 149 cm³/mol. The second-order valence-corrected chi connectivity index (χ2v) is 10.6. The van der Waals surface area contributed by atoms with Crippen molar-refractivity contribution in [1.29, 1.82) is 0 Å². The summed E-state index contributed by atoms with van der Waals surface area (Å²) >= 11 is 5.18. The average molecular weight is 699 g/mol. The minimum Gasteiger partial charge on any atom is -0.480 e. The Kier molecular flexibility index (Phi) is 8.14. The van der Waals surface area contributed by atoms with Gasteiger partial charge in [0, 0.05) is 0 Å². The van der Waals surface area contributed by atoms with Gasteiger partial charge in [-0.2, -0.15) is 0 Å². The highest BCUT2D eigenvalue weighted by molar-refractivity contribution is 14.1. The maximum Gasteiger partial charge on any atom is 0.344 e. The Morgan fingerprint density at radius 1 is 1.06 bits per heavy atom. The normalized spacial score (nSPS) is 14.8. The number of ether oxygens (including phenoxy) is 2. The van der Waals surface area contributed by atoms with E-state index in [1.54, 1.807) is 13.0 Å². The van der Waals surface area contributed by atoms with Gasteiger partial charge in [0.05, 0.1) is 25.2 Å². The lowest BCUT2D eigenvalue weighted by molar-refractivity contribution is -0.145. The molecule has 2 amide bonds. The third kappa shape index (κ3) is 5.57. The molecule has 1 aliphatic rings. The zero-order valence-corrected chi connectivity index (χ0v) is 23.2. The van der Waals surface area contributed by atoms with Crippen molar-refractivity contribution < 1.29 is 23.9 Å². The smallest absolute Gasteiger partial charge is 0.344 e. The average Bonchev–Trinajstić information content (AvgIpc) is 3.06.